The van der Waals surface area contributed by atoms with Crippen molar-refractivity contribution in [3.05, 3.63) is 0 Å². The number of carbonyl (C=O) groups is 2. The fraction of sp³-hybridized carbons (Fsp3) is 0.846. The molecule has 5 heteroatoms. The summed E-state index contributed by atoms with van der Waals surface area (Å²) in [5.41, 5.74) is 0. The lowest BCUT2D eigenvalue weighted by Gasteiger charge is -2.22. The highest BCUT2D eigenvalue weighted by Crippen LogP contribution is 1.99. The number of ether oxygens (including phenoxy) is 2. The largest absolute Gasteiger partial charge is 0.380 e. The van der Waals surface area contributed by atoms with E-state index >= 15 is 0 Å². The predicted octanol–water partition coefficient (Wildman–Crippen LogP) is 1.26. The maximum Gasteiger partial charge on any atom is 0.223 e. The zero-order valence-corrected chi connectivity index (χ0v) is 11.7. The molecule has 0 spiro atoms. The topological polar surface area (TPSA) is 55.8 Å². The molecule has 0 aliphatic heterocycles. The lowest BCUT2D eigenvalue weighted by molar-refractivity contribution is -0.134. The van der Waals surface area contributed by atoms with Gasteiger partial charge >= 0.3 is 0 Å². The summed E-state index contributed by atoms with van der Waals surface area (Å²) in [6, 6.07) is 0. The third-order valence-corrected chi connectivity index (χ3v) is 2.46. The number of rotatable bonds is 11. The summed E-state index contributed by atoms with van der Waals surface area (Å²) in [5.74, 6) is 0.0301. The molecule has 0 N–H and O–H groups in total. The van der Waals surface area contributed by atoms with E-state index < -0.39 is 0 Å². The molecule has 106 valence electrons. The SMILES string of the molecule is CCOCCN(CCOCC)C(=O)CCC(C)=O. The Bertz CT molecular complexity index is 233. The van der Waals surface area contributed by atoms with Crippen LogP contribution in [0.4, 0.5) is 0 Å². The second-order valence-corrected chi connectivity index (χ2v) is 3.98. The molecule has 0 aromatic heterocycles. The summed E-state index contributed by atoms with van der Waals surface area (Å²) < 4.78 is 10.5. The van der Waals surface area contributed by atoms with E-state index in [9.17, 15) is 9.59 Å². The van der Waals surface area contributed by atoms with Gasteiger partial charge in [0.1, 0.15) is 5.78 Å². The summed E-state index contributed by atoms with van der Waals surface area (Å²) in [6.07, 6.45) is 0.576. The second kappa shape index (κ2) is 11.2. The summed E-state index contributed by atoms with van der Waals surface area (Å²) >= 11 is 0. The smallest absolute Gasteiger partial charge is 0.223 e. The Morgan fingerprint density at radius 3 is 1.83 bits per heavy atom. The highest BCUT2D eigenvalue weighted by atomic mass is 16.5. The Hall–Kier alpha value is -0.940. The van der Waals surface area contributed by atoms with E-state index in [1.807, 2.05) is 13.8 Å². The highest BCUT2D eigenvalue weighted by Gasteiger charge is 2.13. The van der Waals surface area contributed by atoms with Gasteiger partial charge in [-0.25, -0.2) is 0 Å². The van der Waals surface area contributed by atoms with Gasteiger partial charge in [-0.05, 0) is 20.8 Å². The third kappa shape index (κ3) is 9.13. The van der Waals surface area contributed by atoms with Crippen molar-refractivity contribution in [2.45, 2.75) is 33.6 Å². The molecule has 0 aliphatic rings. The predicted molar refractivity (Wildman–Crippen MR) is 69.5 cm³/mol. The molecule has 0 unspecified atom stereocenters. The van der Waals surface area contributed by atoms with Crippen LogP contribution in [-0.2, 0) is 19.1 Å². The van der Waals surface area contributed by atoms with Gasteiger partial charge < -0.3 is 19.2 Å². The number of Topliss-reactive ketones (excluding diaryl/α,β-unsaturated/α-hetero) is 1. The Labute approximate surface area is 109 Å². The van der Waals surface area contributed by atoms with Gasteiger partial charge in [-0.1, -0.05) is 0 Å². The number of hydrogen-bond acceptors (Lipinski definition) is 4. The van der Waals surface area contributed by atoms with E-state index in [1.165, 1.54) is 6.92 Å². The van der Waals surface area contributed by atoms with E-state index in [1.54, 1.807) is 4.90 Å². The Balaban J connectivity index is 4.07. The maximum absolute atomic E-state index is 11.9. The molecule has 0 heterocycles. The summed E-state index contributed by atoms with van der Waals surface area (Å²) in [6.45, 7) is 8.77. The number of amides is 1. The molecule has 18 heavy (non-hydrogen) atoms. The maximum atomic E-state index is 11.9. The van der Waals surface area contributed by atoms with Crippen molar-refractivity contribution >= 4 is 11.7 Å². The van der Waals surface area contributed by atoms with Gasteiger partial charge in [-0.15, -0.1) is 0 Å². The fourth-order valence-electron chi connectivity index (χ4n) is 1.44. The first kappa shape index (κ1) is 17.1. The standard InChI is InChI=1S/C13H25NO4/c1-4-17-10-8-14(9-11-18-5-2)13(16)7-6-12(3)15/h4-11H2,1-3H3. The number of nitrogens with zero attached hydrogens (tertiary/aromatic N) is 1. The van der Waals surface area contributed by atoms with Gasteiger partial charge in [0.2, 0.25) is 5.91 Å². The molecule has 0 fully saturated rings. The zero-order chi connectivity index (χ0) is 13.8. The molecule has 0 aromatic rings. The second-order valence-electron chi connectivity index (χ2n) is 3.98. The van der Waals surface area contributed by atoms with Crippen molar-refractivity contribution in [1.29, 1.82) is 0 Å². The molecular weight excluding hydrogens is 234 g/mol. The van der Waals surface area contributed by atoms with Crippen molar-refractivity contribution in [3.8, 4) is 0 Å². The minimum atomic E-state index is -0.00962. The average Bonchev–Trinajstić information content (AvgIpc) is 2.34. The van der Waals surface area contributed by atoms with Gasteiger partial charge in [-0.2, -0.15) is 0 Å². The average molecular weight is 259 g/mol. The molecule has 0 saturated carbocycles. The van der Waals surface area contributed by atoms with Crippen LogP contribution in [-0.4, -0.2) is 56.1 Å². The molecule has 0 aromatic carbocycles. The van der Waals surface area contributed by atoms with E-state index in [-0.39, 0.29) is 18.1 Å². The first-order chi connectivity index (χ1) is 8.61. The van der Waals surface area contributed by atoms with E-state index in [0.717, 1.165) is 0 Å². The molecule has 0 saturated heterocycles. The van der Waals surface area contributed by atoms with Gasteiger partial charge in [0.15, 0.2) is 0 Å². The quantitative estimate of drug-likeness (QED) is 0.524. The molecule has 5 nitrogen and oxygen atoms in total. The Morgan fingerprint density at radius 1 is 0.944 bits per heavy atom. The third-order valence-electron chi connectivity index (χ3n) is 2.46. The minimum absolute atomic E-state index is 0.00962. The summed E-state index contributed by atoms with van der Waals surface area (Å²) in [5, 5.41) is 0. The van der Waals surface area contributed by atoms with Crippen LogP contribution in [0.25, 0.3) is 0 Å². The van der Waals surface area contributed by atoms with Crippen molar-refractivity contribution in [1.82, 2.24) is 4.90 Å². The Kier molecular flexibility index (Phi) is 10.6. The summed E-state index contributed by atoms with van der Waals surface area (Å²) in [7, 11) is 0. The number of hydrogen-bond donors (Lipinski definition) is 0. The van der Waals surface area contributed by atoms with Crippen LogP contribution in [0.5, 0.6) is 0 Å². The van der Waals surface area contributed by atoms with Gasteiger partial charge in [0, 0.05) is 39.1 Å². The number of ketones is 1. The normalized spacial score (nSPS) is 10.4. The van der Waals surface area contributed by atoms with Gasteiger partial charge in [0.25, 0.3) is 0 Å². The van der Waals surface area contributed by atoms with Crippen LogP contribution in [0, 0.1) is 0 Å². The monoisotopic (exact) mass is 259 g/mol. The molecule has 1 amide bonds. The van der Waals surface area contributed by atoms with Crippen molar-refractivity contribution in [2.75, 3.05) is 39.5 Å². The van der Waals surface area contributed by atoms with Gasteiger partial charge in [-0.3, -0.25) is 4.79 Å². The number of carbonyl (C=O) groups excluding carboxylic acids is 2. The molecule has 0 radical (unpaired) electrons. The van der Waals surface area contributed by atoms with Crippen LogP contribution in [0.15, 0.2) is 0 Å². The molecular formula is C13H25NO4. The minimum Gasteiger partial charge on any atom is -0.380 e. The summed E-state index contributed by atoms with van der Waals surface area (Å²) in [4.78, 5) is 24.5. The molecule has 0 rings (SSSR count). The van der Waals surface area contributed by atoms with Crippen LogP contribution in [0.2, 0.25) is 0 Å². The molecule has 0 bridgehead atoms. The highest BCUT2D eigenvalue weighted by molar-refractivity contribution is 5.83. The van der Waals surface area contributed by atoms with E-state index in [0.29, 0.717) is 45.9 Å². The Morgan fingerprint density at radius 2 is 1.44 bits per heavy atom. The van der Waals surface area contributed by atoms with Crippen LogP contribution in [0.3, 0.4) is 0 Å². The van der Waals surface area contributed by atoms with E-state index in [2.05, 4.69) is 0 Å². The van der Waals surface area contributed by atoms with Crippen LogP contribution in [0.1, 0.15) is 33.6 Å². The fourth-order valence-corrected chi connectivity index (χ4v) is 1.44. The van der Waals surface area contributed by atoms with Crippen LogP contribution < -0.4 is 0 Å². The van der Waals surface area contributed by atoms with E-state index in [4.69, 9.17) is 9.47 Å². The lowest BCUT2D eigenvalue weighted by Crippen LogP contribution is -2.36. The van der Waals surface area contributed by atoms with Crippen molar-refractivity contribution in [3.63, 3.8) is 0 Å². The van der Waals surface area contributed by atoms with Crippen molar-refractivity contribution < 1.29 is 19.1 Å². The zero-order valence-electron chi connectivity index (χ0n) is 11.7. The lowest BCUT2D eigenvalue weighted by atomic mass is 10.2. The van der Waals surface area contributed by atoms with Crippen molar-refractivity contribution in [2.24, 2.45) is 0 Å². The molecule has 0 atom stereocenters. The first-order valence-corrected chi connectivity index (χ1v) is 6.54. The molecule has 0 aliphatic carbocycles. The van der Waals surface area contributed by atoms with Crippen LogP contribution >= 0.6 is 0 Å². The van der Waals surface area contributed by atoms with Gasteiger partial charge in [0.05, 0.1) is 13.2 Å². The first-order valence-electron chi connectivity index (χ1n) is 6.54.